The number of carbonyl (C=O) groups excluding carboxylic acids is 6. The van der Waals surface area contributed by atoms with E-state index in [9.17, 15) is 43.5 Å². The van der Waals surface area contributed by atoms with E-state index >= 15 is 0 Å². The SMILES string of the molecule is C.C.C.CCOC(=O)CCc1ccc(Oc2ccc(/C(=C\c3ccc4c(c3)OCO4)C(=O)C(=O)O)cc2)cc1.CCOC(=O)CCc1ccc(Oc2ccc(/C(=C\c3ccc4c(c3)OCO4)C(=O)N(C)C)cc2)cc1.CCOC(=O)CCc1ccc(Oc2ccc(CC(=O)C(=O)O)cc2)cc1. The van der Waals surface area contributed by atoms with Gasteiger partial charge in [0.1, 0.15) is 34.5 Å². The number of amides is 1. The van der Waals surface area contributed by atoms with Gasteiger partial charge in [0.15, 0.2) is 23.0 Å². The normalized spacial score (nSPS) is 11.3. The summed E-state index contributed by atoms with van der Waals surface area (Å²) < 4.78 is 53.8. The summed E-state index contributed by atoms with van der Waals surface area (Å²) >= 11 is 0. The molecule has 2 aliphatic heterocycles. The second kappa shape index (κ2) is 40.0. The second-order valence-corrected chi connectivity index (χ2v) is 21.9. The highest BCUT2D eigenvalue weighted by Gasteiger charge is 2.22. The number of benzene rings is 8. The Hall–Kier alpha value is -12.0. The van der Waals surface area contributed by atoms with Gasteiger partial charge in [0, 0.05) is 50.9 Å². The number of fused-ring (bicyclic) bond motifs is 2. The molecule has 0 saturated carbocycles. The Balaban J connectivity index is 0.000000273. The summed E-state index contributed by atoms with van der Waals surface area (Å²) in [6.07, 6.45) is 5.99. The van der Waals surface area contributed by atoms with E-state index < -0.39 is 23.5 Å². The van der Waals surface area contributed by atoms with E-state index in [0.29, 0.717) is 138 Å². The van der Waals surface area contributed by atoms with Crippen LogP contribution < -0.4 is 33.2 Å². The molecule has 21 nitrogen and oxygen atoms in total. The van der Waals surface area contributed by atoms with Crippen LogP contribution in [0.5, 0.6) is 57.5 Å². The van der Waals surface area contributed by atoms with Crippen LogP contribution in [0.15, 0.2) is 182 Å². The minimum Gasteiger partial charge on any atom is -0.475 e. The Morgan fingerprint density at radius 2 is 0.703 bits per heavy atom. The molecule has 2 heterocycles. The molecule has 0 atom stereocenters. The number of hydrogen-bond donors (Lipinski definition) is 2. The Bertz CT molecular complexity index is 4140. The van der Waals surface area contributed by atoms with Crippen molar-refractivity contribution in [2.75, 3.05) is 47.5 Å². The first-order chi connectivity index (χ1) is 47.3. The van der Waals surface area contributed by atoms with Gasteiger partial charge >= 0.3 is 29.8 Å². The molecule has 21 heteroatoms. The van der Waals surface area contributed by atoms with Crippen LogP contribution in [0.4, 0.5) is 0 Å². The lowest BCUT2D eigenvalue weighted by Gasteiger charge is -2.15. The zero-order valence-electron chi connectivity index (χ0n) is 54.7. The molecule has 0 saturated heterocycles. The number of ether oxygens (including phenoxy) is 10. The monoisotopic (exact) mass is 1380 g/mol. The molecule has 530 valence electrons. The molecule has 8 aromatic rings. The number of Topliss-reactive ketones (excluding diaryl/α,β-unsaturated/α-hetero) is 2. The van der Waals surface area contributed by atoms with Gasteiger partial charge in [-0.2, -0.15) is 0 Å². The fourth-order valence-electron chi connectivity index (χ4n) is 9.60. The van der Waals surface area contributed by atoms with Crippen LogP contribution in [0.25, 0.3) is 23.3 Å². The molecule has 0 unspecified atom stereocenters. The summed E-state index contributed by atoms with van der Waals surface area (Å²) in [7, 11) is 3.45. The van der Waals surface area contributed by atoms with Gasteiger partial charge in [-0.3, -0.25) is 28.8 Å². The number of nitrogens with zero attached hydrogens (tertiary/aromatic N) is 1. The molecule has 0 aromatic heterocycles. The number of carboxylic acid groups (broad SMARTS) is 2. The van der Waals surface area contributed by atoms with Crippen LogP contribution in [-0.2, 0) is 78.3 Å². The highest BCUT2D eigenvalue weighted by Crippen LogP contribution is 2.36. The Morgan fingerprint density at radius 3 is 1.02 bits per heavy atom. The number of carbonyl (C=O) groups is 8. The summed E-state index contributed by atoms with van der Waals surface area (Å²) in [5.74, 6) is 0.526. The maximum atomic E-state index is 13.0. The van der Waals surface area contributed by atoms with E-state index in [1.54, 1.807) is 119 Å². The van der Waals surface area contributed by atoms with Crippen molar-refractivity contribution in [3.8, 4) is 57.5 Å². The Labute approximate surface area is 588 Å². The molecule has 2 aliphatic rings. The summed E-state index contributed by atoms with van der Waals surface area (Å²) in [5.41, 5.74) is 6.86. The van der Waals surface area contributed by atoms with E-state index in [1.165, 1.54) is 6.08 Å². The van der Waals surface area contributed by atoms with Gasteiger partial charge in [-0.1, -0.05) is 107 Å². The Kier molecular flexibility index (Phi) is 31.6. The van der Waals surface area contributed by atoms with Gasteiger partial charge in [-0.15, -0.1) is 0 Å². The van der Waals surface area contributed by atoms with Crippen molar-refractivity contribution in [1.82, 2.24) is 4.90 Å². The van der Waals surface area contributed by atoms with Crippen LogP contribution in [0.2, 0.25) is 0 Å². The van der Waals surface area contributed by atoms with Gasteiger partial charge < -0.3 is 62.5 Å². The summed E-state index contributed by atoms with van der Waals surface area (Å²) in [5, 5.41) is 17.9. The van der Waals surface area contributed by atoms with E-state index in [4.69, 9.17) is 52.5 Å². The molecule has 2 N–H and O–H groups in total. The Morgan fingerprint density at radius 1 is 0.396 bits per heavy atom. The maximum Gasteiger partial charge on any atom is 0.377 e. The number of ketones is 2. The van der Waals surface area contributed by atoms with Gasteiger partial charge in [0.2, 0.25) is 19.4 Å². The number of hydrogen-bond acceptors (Lipinski definition) is 18. The molecule has 8 aromatic carbocycles. The fourth-order valence-corrected chi connectivity index (χ4v) is 9.60. The highest BCUT2D eigenvalue weighted by molar-refractivity contribution is 6.52. The third-order valence-corrected chi connectivity index (χ3v) is 14.6. The van der Waals surface area contributed by atoms with Crippen molar-refractivity contribution >= 4 is 70.6 Å². The lowest BCUT2D eigenvalue weighted by molar-refractivity contribution is -0.148. The van der Waals surface area contributed by atoms with Gasteiger partial charge in [-0.05, 0) is 194 Å². The first-order valence-electron chi connectivity index (χ1n) is 31.4. The zero-order valence-corrected chi connectivity index (χ0v) is 54.7. The van der Waals surface area contributed by atoms with Crippen LogP contribution in [-0.4, -0.2) is 110 Å². The summed E-state index contributed by atoms with van der Waals surface area (Å²) in [6.45, 7) is 6.80. The number of aryl methyl sites for hydroxylation is 3. The average Bonchev–Trinajstić information content (AvgIpc) is 1.82. The number of esters is 3. The van der Waals surface area contributed by atoms with Gasteiger partial charge in [0.05, 0.1) is 19.8 Å². The van der Waals surface area contributed by atoms with Crippen LogP contribution in [0.3, 0.4) is 0 Å². The minimum atomic E-state index is -1.55. The van der Waals surface area contributed by atoms with Crippen molar-refractivity contribution in [3.05, 3.63) is 226 Å². The standard InChI is InChI=1S/C29H29NO6.C28H24O8.C20H20O6.3CH4/c1-4-33-28(31)16-8-20-5-11-23(12-6-20)36-24-13-9-22(10-14-24)25(29(32)30(2)3)17-21-7-15-26-27(18-21)35-19-34-26;1-2-33-26(29)14-6-18-3-9-21(10-4-18)36-22-11-7-20(8-12-22)23(27(30)28(31)32)15-19-5-13-24-25(16-19)35-17-34-24;1-2-25-19(22)12-7-14-3-8-16(9-4-14)26-17-10-5-15(6-11-17)13-18(21)20(23)24;;;/h5-7,9-15,17-18H,4,8,16,19H2,1-3H3;3-5,7-13,15-16H,2,6,14,17H2,1H3,(H,31,32);3-6,8-11H,2,7,12-13H2,1H3,(H,23,24);3*1H4/b25-17+;23-15+;;;;. The van der Waals surface area contributed by atoms with E-state index in [-0.39, 0.29) is 71.7 Å². The number of likely N-dealkylation sites (N-methyl/N-ethyl adjacent to an activating group) is 1. The maximum absolute atomic E-state index is 13.0. The van der Waals surface area contributed by atoms with Crippen molar-refractivity contribution in [2.24, 2.45) is 0 Å². The van der Waals surface area contributed by atoms with Gasteiger partial charge in [-0.25, -0.2) is 9.59 Å². The van der Waals surface area contributed by atoms with Gasteiger partial charge in [0.25, 0.3) is 11.7 Å². The first kappa shape index (κ1) is 79.7. The molecule has 0 radical (unpaired) electrons. The summed E-state index contributed by atoms with van der Waals surface area (Å²) in [6, 6.07) is 53.7. The molecule has 1 amide bonds. The lowest BCUT2D eigenvalue weighted by Crippen LogP contribution is -2.22. The molecule has 101 heavy (non-hydrogen) atoms. The first-order valence-corrected chi connectivity index (χ1v) is 31.4. The van der Waals surface area contributed by atoms with Crippen molar-refractivity contribution < 1.29 is 95.9 Å². The molecule has 0 fully saturated rings. The number of carboxylic acids is 2. The molecular weight excluding hydrogens is 1290 g/mol. The van der Waals surface area contributed by atoms with Crippen LogP contribution in [0.1, 0.15) is 107 Å². The van der Waals surface area contributed by atoms with E-state index in [1.807, 2.05) is 109 Å². The predicted molar refractivity (Wildman–Crippen MR) is 382 cm³/mol. The number of aliphatic carboxylic acids is 2. The molecular formula is C80H85NO20. The quantitative estimate of drug-likeness (QED) is 0.0152. The predicted octanol–water partition coefficient (Wildman–Crippen LogP) is 15.3. The largest absolute Gasteiger partial charge is 0.475 e. The smallest absolute Gasteiger partial charge is 0.377 e. The molecule has 0 bridgehead atoms. The van der Waals surface area contributed by atoms with E-state index in [2.05, 4.69) is 0 Å². The zero-order chi connectivity index (χ0) is 69.9. The average molecular weight is 1380 g/mol. The third kappa shape index (κ3) is 24.8. The van der Waals surface area contributed by atoms with Crippen molar-refractivity contribution in [2.45, 2.75) is 88.0 Å². The molecule has 10 rings (SSSR count). The summed E-state index contributed by atoms with van der Waals surface area (Å²) in [4.78, 5) is 94.6. The third-order valence-electron chi connectivity index (χ3n) is 14.6. The second-order valence-electron chi connectivity index (χ2n) is 21.9. The highest BCUT2D eigenvalue weighted by atomic mass is 16.7. The fraction of sp³-hybridized carbons (Fsp3) is 0.250. The van der Waals surface area contributed by atoms with E-state index in [0.717, 1.165) is 27.8 Å². The molecule has 0 aliphatic carbocycles. The lowest BCUT2D eigenvalue weighted by atomic mass is 9.98. The minimum absolute atomic E-state index is 0. The van der Waals surface area contributed by atoms with Crippen molar-refractivity contribution in [3.63, 3.8) is 0 Å². The number of rotatable bonds is 28. The van der Waals surface area contributed by atoms with Crippen LogP contribution >= 0.6 is 0 Å². The topological polar surface area (TPSA) is 273 Å². The van der Waals surface area contributed by atoms with Crippen LogP contribution in [0, 0.1) is 0 Å². The molecule has 0 spiro atoms. The van der Waals surface area contributed by atoms with Crippen molar-refractivity contribution in [1.29, 1.82) is 0 Å².